The van der Waals surface area contributed by atoms with E-state index in [1.807, 2.05) is 0 Å². The molecule has 0 fully saturated rings. The molecule has 0 heterocycles. The van der Waals surface area contributed by atoms with Gasteiger partial charge in [-0.3, -0.25) is 0 Å². The van der Waals surface area contributed by atoms with Crippen LogP contribution in [0.1, 0.15) is 40.5 Å². The van der Waals surface area contributed by atoms with Crippen molar-refractivity contribution in [1.82, 2.24) is 4.90 Å². The first-order valence-electron chi connectivity index (χ1n) is 4.93. The van der Waals surface area contributed by atoms with E-state index >= 15 is 0 Å². The van der Waals surface area contributed by atoms with Crippen LogP contribution in [0.25, 0.3) is 0 Å². The van der Waals surface area contributed by atoms with Crippen LogP contribution >= 0.6 is 0 Å². The van der Waals surface area contributed by atoms with Crippen molar-refractivity contribution in [3.05, 3.63) is 0 Å². The standard InChI is InChI=1S/C10H23N/c1-5-7-11(8-6-2)9-10(3)4/h10H,5-9H2,1-4H3. The SMILES string of the molecule is CCCN(CCC)CC(C)C. The zero-order chi connectivity index (χ0) is 8.69. The maximum Gasteiger partial charge on any atom is 0.000438 e. The lowest BCUT2D eigenvalue weighted by atomic mass is 10.2. The first kappa shape index (κ1) is 11.0. The van der Waals surface area contributed by atoms with Crippen LogP contribution in [0.15, 0.2) is 0 Å². The van der Waals surface area contributed by atoms with Crippen molar-refractivity contribution >= 4 is 0 Å². The Morgan fingerprint density at radius 3 is 1.73 bits per heavy atom. The van der Waals surface area contributed by atoms with E-state index in [9.17, 15) is 0 Å². The van der Waals surface area contributed by atoms with Crippen LogP contribution in [0, 0.1) is 5.92 Å². The highest BCUT2D eigenvalue weighted by molar-refractivity contribution is 4.58. The Kier molecular flexibility index (Phi) is 6.63. The minimum atomic E-state index is 0.813. The van der Waals surface area contributed by atoms with E-state index in [1.165, 1.54) is 32.5 Å². The molecule has 1 nitrogen and oxygen atoms in total. The van der Waals surface area contributed by atoms with Crippen molar-refractivity contribution in [3.63, 3.8) is 0 Å². The highest BCUT2D eigenvalue weighted by atomic mass is 15.1. The average Bonchev–Trinajstić information content (AvgIpc) is 1.87. The summed E-state index contributed by atoms with van der Waals surface area (Å²) in [5.74, 6) is 0.813. The maximum absolute atomic E-state index is 2.56. The Hall–Kier alpha value is -0.0400. The molecule has 0 amide bonds. The molecule has 0 saturated heterocycles. The second-order valence-electron chi connectivity index (χ2n) is 3.69. The van der Waals surface area contributed by atoms with E-state index in [0.29, 0.717) is 0 Å². The van der Waals surface area contributed by atoms with Gasteiger partial charge in [-0.25, -0.2) is 0 Å². The van der Waals surface area contributed by atoms with E-state index in [4.69, 9.17) is 0 Å². The molecule has 0 saturated carbocycles. The van der Waals surface area contributed by atoms with Crippen molar-refractivity contribution < 1.29 is 0 Å². The van der Waals surface area contributed by atoms with Gasteiger partial charge in [-0.1, -0.05) is 27.7 Å². The van der Waals surface area contributed by atoms with Crippen LogP contribution in [0.4, 0.5) is 0 Å². The molecule has 0 aromatic carbocycles. The van der Waals surface area contributed by atoms with Gasteiger partial charge in [-0.2, -0.15) is 0 Å². The molecule has 0 spiro atoms. The van der Waals surface area contributed by atoms with Crippen LogP contribution in [0.5, 0.6) is 0 Å². The Balaban J connectivity index is 3.50. The smallest absolute Gasteiger partial charge is 0.000438 e. The third-order valence-electron chi connectivity index (χ3n) is 1.70. The third kappa shape index (κ3) is 6.36. The Morgan fingerprint density at radius 2 is 1.45 bits per heavy atom. The van der Waals surface area contributed by atoms with Crippen molar-refractivity contribution in [2.75, 3.05) is 19.6 Å². The highest BCUT2D eigenvalue weighted by Crippen LogP contribution is 2.00. The lowest BCUT2D eigenvalue weighted by Gasteiger charge is -2.22. The summed E-state index contributed by atoms with van der Waals surface area (Å²) < 4.78 is 0. The molecule has 0 aliphatic rings. The molecular weight excluding hydrogens is 134 g/mol. The van der Waals surface area contributed by atoms with Gasteiger partial charge in [0.05, 0.1) is 0 Å². The van der Waals surface area contributed by atoms with Crippen molar-refractivity contribution in [1.29, 1.82) is 0 Å². The van der Waals surface area contributed by atoms with E-state index < -0.39 is 0 Å². The maximum atomic E-state index is 2.56. The normalized spacial score (nSPS) is 11.5. The zero-order valence-corrected chi connectivity index (χ0v) is 8.56. The molecule has 0 unspecified atom stereocenters. The van der Waals surface area contributed by atoms with Gasteiger partial charge in [0.25, 0.3) is 0 Å². The molecule has 0 rings (SSSR count). The van der Waals surface area contributed by atoms with Crippen LogP contribution in [0.2, 0.25) is 0 Å². The summed E-state index contributed by atoms with van der Waals surface area (Å²) >= 11 is 0. The fourth-order valence-electron chi connectivity index (χ4n) is 1.44. The summed E-state index contributed by atoms with van der Waals surface area (Å²) in [5.41, 5.74) is 0. The predicted octanol–water partition coefficient (Wildman–Crippen LogP) is 2.76. The largest absolute Gasteiger partial charge is 0.303 e. The molecule has 0 bridgehead atoms. The van der Waals surface area contributed by atoms with Gasteiger partial charge in [0.2, 0.25) is 0 Å². The summed E-state index contributed by atoms with van der Waals surface area (Å²) in [4.78, 5) is 2.56. The highest BCUT2D eigenvalue weighted by Gasteiger charge is 2.03. The fraction of sp³-hybridized carbons (Fsp3) is 1.00. The Bertz CT molecular complexity index is 72.9. The third-order valence-corrected chi connectivity index (χ3v) is 1.70. The number of hydrogen-bond donors (Lipinski definition) is 0. The lowest BCUT2D eigenvalue weighted by molar-refractivity contribution is 0.245. The number of nitrogens with zero attached hydrogens (tertiary/aromatic N) is 1. The summed E-state index contributed by atoms with van der Waals surface area (Å²) in [7, 11) is 0. The molecule has 0 aliphatic carbocycles. The molecular formula is C10H23N. The Labute approximate surface area is 71.8 Å². The van der Waals surface area contributed by atoms with Gasteiger partial charge in [-0.05, 0) is 31.8 Å². The van der Waals surface area contributed by atoms with Gasteiger partial charge in [0.15, 0.2) is 0 Å². The molecule has 0 aromatic heterocycles. The van der Waals surface area contributed by atoms with Gasteiger partial charge in [0.1, 0.15) is 0 Å². The van der Waals surface area contributed by atoms with Crippen LogP contribution in [0.3, 0.4) is 0 Å². The quantitative estimate of drug-likeness (QED) is 0.573. The second-order valence-corrected chi connectivity index (χ2v) is 3.69. The van der Waals surface area contributed by atoms with Crippen LogP contribution < -0.4 is 0 Å². The van der Waals surface area contributed by atoms with E-state index in [-0.39, 0.29) is 0 Å². The molecule has 0 radical (unpaired) electrons. The molecule has 0 N–H and O–H groups in total. The molecule has 0 aromatic rings. The van der Waals surface area contributed by atoms with Gasteiger partial charge in [0, 0.05) is 6.54 Å². The lowest BCUT2D eigenvalue weighted by Crippen LogP contribution is -2.29. The molecule has 11 heavy (non-hydrogen) atoms. The number of hydrogen-bond acceptors (Lipinski definition) is 1. The molecule has 1 heteroatoms. The van der Waals surface area contributed by atoms with Gasteiger partial charge < -0.3 is 4.90 Å². The summed E-state index contributed by atoms with van der Waals surface area (Å²) in [6, 6.07) is 0. The van der Waals surface area contributed by atoms with E-state index in [2.05, 4.69) is 32.6 Å². The van der Waals surface area contributed by atoms with E-state index in [1.54, 1.807) is 0 Å². The fourth-order valence-corrected chi connectivity index (χ4v) is 1.44. The monoisotopic (exact) mass is 157 g/mol. The second kappa shape index (κ2) is 6.66. The van der Waals surface area contributed by atoms with Crippen molar-refractivity contribution in [3.8, 4) is 0 Å². The van der Waals surface area contributed by atoms with Crippen LogP contribution in [-0.4, -0.2) is 24.5 Å². The van der Waals surface area contributed by atoms with Crippen molar-refractivity contribution in [2.45, 2.75) is 40.5 Å². The summed E-state index contributed by atoms with van der Waals surface area (Å²) in [5, 5.41) is 0. The van der Waals surface area contributed by atoms with Gasteiger partial charge in [-0.15, -0.1) is 0 Å². The predicted molar refractivity (Wildman–Crippen MR) is 51.9 cm³/mol. The van der Waals surface area contributed by atoms with Gasteiger partial charge >= 0.3 is 0 Å². The zero-order valence-electron chi connectivity index (χ0n) is 8.56. The van der Waals surface area contributed by atoms with Crippen molar-refractivity contribution in [2.24, 2.45) is 5.92 Å². The minimum Gasteiger partial charge on any atom is -0.303 e. The van der Waals surface area contributed by atoms with Crippen LogP contribution in [-0.2, 0) is 0 Å². The molecule has 68 valence electrons. The Morgan fingerprint density at radius 1 is 1.00 bits per heavy atom. The first-order chi connectivity index (χ1) is 5.20. The summed E-state index contributed by atoms with van der Waals surface area (Å²) in [6.45, 7) is 12.9. The summed E-state index contributed by atoms with van der Waals surface area (Å²) in [6.07, 6.45) is 2.57. The first-order valence-corrected chi connectivity index (χ1v) is 4.93. The topological polar surface area (TPSA) is 3.24 Å². The minimum absolute atomic E-state index is 0.813. The molecule has 0 aliphatic heterocycles. The molecule has 0 atom stereocenters. The average molecular weight is 157 g/mol. The number of rotatable bonds is 6. The van der Waals surface area contributed by atoms with E-state index in [0.717, 1.165) is 5.92 Å².